The Labute approximate surface area is 129 Å². The van der Waals surface area contributed by atoms with Crippen LogP contribution in [0.4, 0.5) is 0 Å². The van der Waals surface area contributed by atoms with Gasteiger partial charge >= 0.3 is 0 Å². The molecule has 1 unspecified atom stereocenters. The molecule has 0 aliphatic rings. The van der Waals surface area contributed by atoms with Gasteiger partial charge in [0.15, 0.2) is 0 Å². The summed E-state index contributed by atoms with van der Waals surface area (Å²) in [5.74, 6) is 0.108. The molecule has 120 valence electrons. The molecule has 0 aromatic heterocycles. The number of benzene rings is 1. The Hall–Kier alpha value is -0.910. The number of hydrogen-bond donors (Lipinski definition) is 1. The molecular formula is C16H28N2O2S. The van der Waals surface area contributed by atoms with Crippen LogP contribution in [-0.4, -0.2) is 38.1 Å². The third kappa shape index (κ3) is 5.41. The summed E-state index contributed by atoms with van der Waals surface area (Å²) < 4.78 is 26.8. The van der Waals surface area contributed by atoms with E-state index in [2.05, 4.69) is 0 Å². The molecule has 0 aliphatic carbocycles. The zero-order valence-corrected chi connectivity index (χ0v) is 14.4. The van der Waals surface area contributed by atoms with Gasteiger partial charge in [0.1, 0.15) is 0 Å². The third-order valence-corrected chi connectivity index (χ3v) is 5.83. The van der Waals surface area contributed by atoms with Crippen molar-refractivity contribution in [3.05, 3.63) is 35.9 Å². The minimum absolute atomic E-state index is 0.0220. The number of hydrogen-bond acceptors (Lipinski definition) is 3. The highest BCUT2D eigenvalue weighted by Gasteiger charge is 2.29. The Morgan fingerprint density at radius 1 is 1.24 bits per heavy atom. The predicted octanol–water partition coefficient (Wildman–Crippen LogP) is 2.43. The van der Waals surface area contributed by atoms with Crippen LogP contribution in [0.5, 0.6) is 0 Å². The number of rotatable bonds is 8. The van der Waals surface area contributed by atoms with Crippen LogP contribution in [0.1, 0.15) is 39.2 Å². The van der Waals surface area contributed by atoms with Crippen LogP contribution in [0.15, 0.2) is 30.3 Å². The second-order valence-electron chi connectivity index (χ2n) is 6.38. The van der Waals surface area contributed by atoms with Gasteiger partial charge in [-0.15, -0.1) is 0 Å². The van der Waals surface area contributed by atoms with E-state index in [0.29, 0.717) is 19.6 Å². The number of nitrogens with zero attached hydrogens (tertiary/aromatic N) is 1. The first-order chi connectivity index (χ1) is 9.72. The fourth-order valence-electron chi connectivity index (χ4n) is 2.25. The first-order valence-corrected chi connectivity index (χ1v) is 9.05. The second kappa shape index (κ2) is 7.38. The molecule has 1 aromatic rings. The SMILES string of the molecule is CCN(CC(C)(C)CN)S(=O)(=O)CC(C)c1ccccc1. The van der Waals surface area contributed by atoms with E-state index in [1.165, 1.54) is 0 Å². The van der Waals surface area contributed by atoms with E-state index < -0.39 is 10.0 Å². The van der Waals surface area contributed by atoms with Crippen LogP contribution in [-0.2, 0) is 10.0 Å². The summed E-state index contributed by atoms with van der Waals surface area (Å²) in [6.07, 6.45) is 0. The van der Waals surface area contributed by atoms with Crippen molar-refractivity contribution in [2.45, 2.75) is 33.6 Å². The van der Waals surface area contributed by atoms with Crippen molar-refractivity contribution in [2.24, 2.45) is 11.1 Å². The van der Waals surface area contributed by atoms with E-state index in [4.69, 9.17) is 5.73 Å². The molecule has 0 amide bonds. The third-order valence-electron chi connectivity index (χ3n) is 3.73. The molecule has 0 radical (unpaired) electrons. The molecule has 0 spiro atoms. The molecule has 0 saturated heterocycles. The van der Waals surface area contributed by atoms with Crippen molar-refractivity contribution < 1.29 is 8.42 Å². The van der Waals surface area contributed by atoms with E-state index in [9.17, 15) is 8.42 Å². The Balaban J connectivity index is 2.83. The minimum Gasteiger partial charge on any atom is -0.330 e. The molecule has 1 atom stereocenters. The van der Waals surface area contributed by atoms with Crippen molar-refractivity contribution >= 4 is 10.0 Å². The highest BCUT2D eigenvalue weighted by Crippen LogP contribution is 2.22. The van der Waals surface area contributed by atoms with E-state index >= 15 is 0 Å². The summed E-state index contributed by atoms with van der Waals surface area (Å²) in [6, 6.07) is 9.76. The molecule has 2 N–H and O–H groups in total. The fourth-order valence-corrected chi connectivity index (χ4v) is 4.22. The molecule has 0 bridgehead atoms. The summed E-state index contributed by atoms with van der Waals surface area (Å²) >= 11 is 0. The quantitative estimate of drug-likeness (QED) is 0.802. The van der Waals surface area contributed by atoms with Crippen molar-refractivity contribution in [2.75, 3.05) is 25.4 Å². The smallest absolute Gasteiger partial charge is 0.214 e. The maximum Gasteiger partial charge on any atom is 0.214 e. The lowest BCUT2D eigenvalue weighted by Crippen LogP contribution is -2.43. The summed E-state index contributed by atoms with van der Waals surface area (Å²) in [5.41, 5.74) is 6.57. The normalized spacial score (nSPS) is 14.4. The molecule has 4 nitrogen and oxygen atoms in total. The summed E-state index contributed by atoms with van der Waals surface area (Å²) in [4.78, 5) is 0. The zero-order valence-electron chi connectivity index (χ0n) is 13.5. The van der Waals surface area contributed by atoms with E-state index in [0.717, 1.165) is 5.56 Å². The van der Waals surface area contributed by atoms with Gasteiger partial charge in [-0.05, 0) is 23.4 Å². The molecular weight excluding hydrogens is 284 g/mol. The van der Waals surface area contributed by atoms with E-state index in [1.807, 2.05) is 58.0 Å². The molecule has 0 aliphatic heterocycles. The van der Waals surface area contributed by atoms with Crippen molar-refractivity contribution in [3.63, 3.8) is 0 Å². The zero-order chi connectivity index (χ0) is 16.1. The van der Waals surface area contributed by atoms with Gasteiger partial charge < -0.3 is 5.73 Å². The van der Waals surface area contributed by atoms with Gasteiger partial charge in [-0.2, -0.15) is 0 Å². The second-order valence-corrected chi connectivity index (χ2v) is 8.40. The van der Waals surface area contributed by atoms with Gasteiger partial charge in [0, 0.05) is 13.1 Å². The van der Waals surface area contributed by atoms with Crippen LogP contribution in [0.2, 0.25) is 0 Å². The maximum atomic E-state index is 12.6. The Bertz CT molecular complexity index is 526. The largest absolute Gasteiger partial charge is 0.330 e. The van der Waals surface area contributed by atoms with Gasteiger partial charge in [0.25, 0.3) is 0 Å². The van der Waals surface area contributed by atoms with Crippen LogP contribution in [0.25, 0.3) is 0 Å². The molecule has 1 aromatic carbocycles. The highest BCUT2D eigenvalue weighted by atomic mass is 32.2. The van der Waals surface area contributed by atoms with Crippen LogP contribution in [0.3, 0.4) is 0 Å². The van der Waals surface area contributed by atoms with Crippen molar-refractivity contribution in [1.82, 2.24) is 4.31 Å². The summed E-state index contributed by atoms with van der Waals surface area (Å²) in [7, 11) is -3.29. The van der Waals surface area contributed by atoms with Crippen molar-refractivity contribution in [3.8, 4) is 0 Å². The topological polar surface area (TPSA) is 63.4 Å². The molecule has 5 heteroatoms. The molecule has 1 rings (SSSR count). The van der Waals surface area contributed by atoms with Crippen molar-refractivity contribution in [1.29, 1.82) is 0 Å². The molecule has 0 fully saturated rings. The van der Waals surface area contributed by atoms with E-state index in [-0.39, 0.29) is 17.1 Å². The summed E-state index contributed by atoms with van der Waals surface area (Å²) in [5, 5.41) is 0. The molecule has 21 heavy (non-hydrogen) atoms. The van der Waals surface area contributed by atoms with Gasteiger partial charge in [0.05, 0.1) is 5.75 Å². The van der Waals surface area contributed by atoms with Crippen LogP contribution in [0, 0.1) is 5.41 Å². The Morgan fingerprint density at radius 3 is 2.29 bits per heavy atom. The van der Waals surface area contributed by atoms with Crippen LogP contribution < -0.4 is 5.73 Å². The summed E-state index contributed by atoms with van der Waals surface area (Å²) in [6.45, 7) is 9.22. The maximum absolute atomic E-state index is 12.6. The van der Waals surface area contributed by atoms with Gasteiger partial charge in [-0.1, -0.05) is 58.0 Å². The average Bonchev–Trinajstić information content (AvgIpc) is 2.45. The number of nitrogens with two attached hydrogens (primary N) is 1. The average molecular weight is 312 g/mol. The first-order valence-electron chi connectivity index (χ1n) is 7.44. The first kappa shape index (κ1) is 18.1. The van der Waals surface area contributed by atoms with Gasteiger partial charge in [-0.25, -0.2) is 12.7 Å². The van der Waals surface area contributed by atoms with Gasteiger partial charge in [0.2, 0.25) is 10.0 Å². The lowest BCUT2D eigenvalue weighted by molar-refractivity contribution is 0.272. The monoisotopic (exact) mass is 312 g/mol. The lowest BCUT2D eigenvalue weighted by atomic mass is 9.94. The standard InChI is InChI=1S/C16H28N2O2S/c1-5-18(13-16(3,4)12-17)21(19,20)11-14(2)15-9-7-6-8-10-15/h6-10,14H,5,11-13,17H2,1-4H3. The molecule has 0 heterocycles. The Kier molecular flexibility index (Phi) is 6.38. The van der Waals surface area contributed by atoms with Crippen LogP contribution >= 0.6 is 0 Å². The van der Waals surface area contributed by atoms with E-state index in [1.54, 1.807) is 4.31 Å². The minimum atomic E-state index is -3.29. The molecule has 0 saturated carbocycles. The van der Waals surface area contributed by atoms with Gasteiger partial charge in [-0.3, -0.25) is 0 Å². The Morgan fingerprint density at radius 2 is 1.81 bits per heavy atom. The highest BCUT2D eigenvalue weighted by molar-refractivity contribution is 7.89. The number of sulfonamides is 1. The fraction of sp³-hybridized carbons (Fsp3) is 0.625. The predicted molar refractivity (Wildman–Crippen MR) is 88.7 cm³/mol. The lowest BCUT2D eigenvalue weighted by Gasteiger charge is -2.31.